The second-order valence-corrected chi connectivity index (χ2v) is 6.61. The van der Waals surface area contributed by atoms with Gasteiger partial charge in [0.25, 0.3) is 5.56 Å². The van der Waals surface area contributed by atoms with Crippen molar-refractivity contribution in [1.29, 1.82) is 0 Å². The minimum atomic E-state index is -0.207. The van der Waals surface area contributed by atoms with Crippen LogP contribution >= 0.6 is 15.9 Å². The van der Waals surface area contributed by atoms with Crippen molar-refractivity contribution in [3.63, 3.8) is 0 Å². The summed E-state index contributed by atoms with van der Waals surface area (Å²) in [6.07, 6.45) is 4.65. The van der Waals surface area contributed by atoms with Crippen LogP contribution in [0.4, 0.5) is 0 Å². The molecule has 0 aliphatic rings. The van der Waals surface area contributed by atoms with E-state index in [4.69, 9.17) is 0 Å². The molecule has 0 aromatic carbocycles. The van der Waals surface area contributed by atoms with Crippen LogP contribution in [-0.4, -0.2) is 19.7 Å². The van der Waals surface area contributed by atoms with Gasteiger partial charge in [-0.1, -0.05) is 27.7 Å². The number of hydrogen-bond acceptors (Lipinski definition) is 3. The summed E-state index contributed by atoms with van der Waals surface area (Å²) in [5.41, 5.74) is 1.21. The molecule has 0 fully saturated rings. The number of nitrogens with one attached hydrogen (secondary N) is 1. The lowest BCUT2D eigenvalue weighted by molar-refractivity contribution is 0.562. The number of halogens is 1. The molecule has 0 aliphatic heterocycles. The highest BCUT2D eigenvalue weighted by Crippen LogP contribution is 2.27. The molecule has 6 heteroatoms. The third-order valence-corrected chi connectivity index (χ3v) is 3.67. The molecule has 0 spiro atoms. The van der Waals surface area contributed by atoms with Crippen LogP contribution in [0, 0.1) is 0 Å². The summed E-state index contributed by atoms with van der Waals surface area (Å²) in [5.74, 6) is 0.561. The molecule has 0 amide bonds. The van der Waals surface area contributed by atoms with Crippen molar-refractivity contribution in [2.75, 3.05) is 0 Å². The molecular formula is C14H19BrN4O. The third kappa shape index (κ3) is 3.00. The van der Waals surface area contributed by atoms with Gasteiger partial charge in [-0.05, 0) is 22.4 Å². The molecule has 2 aromatic rings. The Balaban J connectivity index is 2.52. The van der Waals surface area contributed by atoms with Gasteiger partial charge in [0.15, 0.2) is 0 Å². The van der Waals surface area contributed by atoms with E-state index in [9.17, 15) is 4.79 Å². The average molecular weight is 339 g/mol. The van der Waals surface area contributed by atoms with Crippen molar-refractivity contribution in [3.05, 3.63) is 32.9 Å². The number of rotatable bonds is 3. The van der Waals surface area contributed by atoms with E-state index in [0.717, 1.165) is 24.2 Å². The molecule has 0 atom stereocenters. The topological polar surface area (TPSA) is 63.6 Å². The normalized spacial score (nSPS) is 11.8. The number of aromatic amines is 1. The quantitative estimate of drug-likeness (QED) is 0.935. The van der Waals surface area contributed by atoms with E-state index in [2.05, 4.69) is 37.9 Å². The molecule has 2 rings (SSSR count). The van der Waals surface area contributed by atoms with Gasteiger partial charge < -0.3 is 4.98 Å². The van der Waals surface area contributed by atoms with Gasteiger partial charge in [0.2, 0.25) is 0 Å². The lowest BCUT2D eigenvalue weighted by Gasteiger charge is -2.19. The number of H-pyrrole nitrogens is 1. The monoisotopic (exact) mass is 338 g/mol. The predicted molar refractivity (Wildman–Crippen MR) is 82.8 cm³/mol. The van der Waals surface area contributed by atoms with Crippen LogP contribution in [0.3, 0.4) is 0 Å². The van der Waals surface area contributed by atoms with Crippen LogP contribution in [0.1, 0.15) is 39.8 Å². The number of hydrogen-bond donors (Lipinski definition) is 1. The highest BCUT2D eigenvalue weighted by molar-refractivity contribution is 9.10. The van der Waals surface area contributed by atoms with Gasteiger partial charge >= 0.3 is 0 Å². The third-order valence-electron chi connectivity index (χ3n) is 2.93. The summed E-state index contributed by atoms with van der Waals surface area (Å²) >= 11 is 3.33. The first kappa shape index (κ1) is 15.0. The Kier molecular flexibility index (Phi) is 4.13. The molecule has 1 N–H and O–H groups in total. The molecule has 20 heavy (non-hydrogen) atoms. The molecule has 0 aliphatic carbocycles. The number of aromatic nitrogens is 4. The highest BCUT2D eigenvalue weighted by atomic mass is 79.9. The standard InChI is InChI=1S/C14H19BrN4O/c1-5-6-19-8-9(7-16-19)12-17-11(14(2,3)4)10(15)13(20)18-12/h7-8H,5-6H2,1-4H3,(H,17,18,20). The van der Waals surface area contributed by atoms with E-state index in [1.54, 1.807) is 6.20 Å². The van der Waals surface area contributed by atoms with Crippen molar-refractivity contribution in [3.8, 4) is 11.4 Å². The first-order valence-electron chi connectivity index (χ1n) is 6.66. The maximum atomic E-state index is 12.0. The SMILES string of the molecule is CCCn1cc(-c2nc(C(C)(C)C)c(Br)c(=O)[nH]2)cn1. The largest absolute Gasteiger partial charge is 0.305 e. The fourth-order valence-corrected chi connectivity index (χ4v) is 2.71. The molecular weight excluding hydrogens is 320 g/mol. The van der Waals surface area contributed by atoms with Crippen LogP contribution in [0.5, 0.6) is 0 Å². The summed E-state index contributed by atoms with van der Waals surface area (Å²) in [4.78, 5) is 19.4. The Morgan fingerprint density at radius 1 is 1.40 bits per heavy atom. The maximum absolute atomic E-state index is 12.0. The van der Waals surface area contributed by atoms with Gasteiger partial charge in [0, 0.05) is 18.2 Å². The molecule has 2 heterocycles. The van der Waals surface area contributed by atoms with Gasteiger partial charge in [0.1, 0.15) is 10.3 Å². The zero-order valence-corrected chi connectivity index (χ0v) is 13.8. The van der Waals surface area contributed by atoms with E-state index in [1.165, 1.54) is 0 Å². The van der Waals surface area contributed by atoms with Gasteiger partial charge in [-0.3, -0.25) is 9.48 Å². The van der Waals surface area contributed by atoms with Crippen LogP contribution in [0.25, 0.3) is 11.4 Å². The summed E-state index contributed by atoms with van der Waals surface area (Å²) in [7, 11) is 0. The summed E-state index contributed by atoms with van der Waals surface area (Å²) < 4.78 is 2.35. The van der Waals surface area contributed by atoms with E-state index >= 15 is 0 Å². The van der Waals surface area contributed by atoms with Crippen molar-refractivity contribution in [2.24, 2.45) is 0 Å². The summed E-state index contributed by atoms with van der Waals surface area (Å²) in [5, 5.41) is 4.27. The summed E-state index contributed by atoms with van der Waals surface area (Å²) in [6, 6.07) is 0. The Bertz CT molecular complexity index is 667. The van der Waals surface area contributed by atoms with Gasteiger partial charge in [-0.15, -0.1) is 0 Å². The van der Waals surface area contributed by atoms with Crippen molar-refractivity contribution >= 4 is 15.9 Å². The fraction of sp³-hybridized carbons (Fsp3) is 0.500. The minimum Gasteiger partial charge on any atom is -0.305 e. The van der Waals surface area contributed by atoms with Gasteiger partial charge in [0.05, 0.1) is 17.5 Å². The number of aryl methyl sites for hydroxylation is 1. The molecule has 0 bridgehead atoms. The van der Waals surface area contributed by atoms with Crippen LogP contribution in [0.2, 0.25) is 0 Å². The molecule has 5 nitrogen and oxygen atoms in total. The molecule has 0 unspecified atom stereocenters. The van der Waals surface area contributed by atoms with E-state index in [-0.39, 0.29) is 11.0 Å². The lowest BCUT2D eigenvalue weighted by Crippen LogP contribution is -2.22. The smallest absolute Gasteiger partial charge is 0.265 e. The fourth-order valence-electron chi connectivity index (χ4n) is 1.93. The van der Waals surface area contributed by atoms with E-state index in [0.29, 0.717) is 10.3 Å². The predicted octanol–water partition coefficient (Wildman–Crippen LogP) is 3.10. The van der Waals surface area contributed by atoms with Crippen molar-refractivity contribution in [1.82, 2.24) is 19.7 Å². The number of nitrogens with zero attached hydrogens (tertiary/aromatic N) is 3. The van der Waals surface area contributed by atoms with Gasteiger partial charge in [-0.25, -0.2) is 4.98 Å². The first-order valence-corrected chi connectivity index (χ1v) is 7.45. The van der Waals surface area contributed by atoms with E-state index in [1.807, 2.05) is 31.6 Å². The van der Waals surface area contributed by atoms with Crippen LogP contribution < -0.4 is 5.56 Å². The second-order valence-electron chi connectivity index (χ2n) is 5.82. The molecule has 0 radical (unpaired) electrons. The second kappa shape index (κ2) is 5.52. The molecule has 0 saturated carbocycles. The average Bonchev–Trinajstić information content (AvgIpc) is 2.80. The Hall–Kier alpha value is -1.43. The van der Waals surface area contributed by atoms with Gasteiger partial charge in [-0.2, -0.15) is 5.10 Å². The Morgan fingerprint density at radius 2 is 2.10 bits per heavy atom. The zero-order chi connectivity index (χ0) is 14.9. The minimum absolute atomic E-state index is 0.164. The Morgan fingerprint density at radius 3 is 2.70 bits per heavy atom. The van der Waals surface area contributed by atoms with Crippen molar-refractivity contribution < 1.29 is 0 Å². The lowest BCUT2D eigenvalue weighted by atomic mass is 9.92. The first-order chi connectivity index (χ1) is 9.32. The maximum Gasteiger partial charge on any atom is 0.265 e. The van der Waals surface area contributed by atoms with Crippen LogP contribution in [-0.2, 0) is 12.0 Å². The Labute approximate surface area is 126 Å². The zero-order valence-electron chi connectivity index (χ0n) is 12.2. The molecule has 2 aromatic heterocycles. The van der Waals surface area contributed by atoms with E-state index < -0.39 is 0 Å². The van der Waals surface area contributed by atoms with Crippen molar-refractivity contribution in [2.45, 2.75) is 46.1 Å². The molecule has 0 saturated heterocycles. The highest BCUT2D eigenvalue weighted by Gasteiger charge is 2.22. The molecule has 108 valence electrons. The summed E-state index contributed by atoms with van der Waals surface area (Å²) in [6.45, 7) is 9.04. The van der Waals surface area contributed by atoms with Crippen LogP contribution in [0.15, 0.2) is 21.7 Å².